The first kappa shape index (κ1) is 20.2. The van der Waals surface area contributed by atoms with Gasteiger partial charge in [-0.15, -0.1) is 0 Å². The molecule has 0 aliphatic heterocycles. The van der Waals surface area contributed by atoms with Crippen molar-refractivity contribution in [2.75, 3.05) is 0 Å². The highest BCUT2D eigenvalue weighted by Crippen LogP contribution is 2.37. The quantitative estimate of drug-likeness (QED) is 0.278. The summed E-state index contributed by atoms with van der Waals surface area (Å²) in [6, 6.07) is 20.7. The molecule has 1 atom stereocenters. The van der Waals surface area contributed by atoms with Crippen molar-refractivity contribution >= 4 is 22.1 Å². The van der Waals surface area contributed by atoms with E-state index in [2.05, 4.69) is 76.0 Å². The van der Waals surface area contributed by atoms with Gasteiger partial charge in [0.2, 0.25) is 5.71 Å². The first-order chi connectivity index (χ1) is 16.3. The van der Waals surface area contributed by atoms with Crippen molar-refractivity contribution in [3.05, 3.63) is 83.6 Å². The number of aromatic nitrogens is 2. The van der Waals surface area contributed by atoms with Gasteiger partial charge >= 0.3 is 0 Å². The Kier molecular flexibility index (Phi) is 5.18. The summed E-state index contributed by atoms with van der Waals surface area (Å²) in [4.78, 5) is 9.58. The number of hydrogen-bond acceptors (Lipinski definition) is 3. The minimum Gasteiger partial charge on any atom is -0.437 e. The molecule has 0 saturated heterocycles. The molecular formula is C30H30N2O. The molecule has 3 nitrogen and oxygen atoms in total. The van der Waals surface area contributed by atoms with Gasteiger partial charge in [-0.25, -0.2) is 4.98 Å². The number of pyridine rings is 2. The summed E-state index contributed by atoms with van der Waals surface area (Å²) in [5.74, 6) is -0.455. The minimum absolute atomic E-state index is 0.197. The van der Waals surface area contributed by atoms with Gasteiger partial charge in [-0.1, -0.05) is 51.1 Å². The molecule has 5 rings (SSSR count). The zero-order chi connectivity index (χ0) is 24.0. The number of fused-ring (bicyclic) bond motifs is 3. The normalized spacial score (nSPS) is 14.1. The van der Waals surface area contributed by atoms with Gasteiger partial charge in [0.15, 0.2) is 0 Å². The van der Waals surface area contributed by atoms with Crippen LogP contribution >= 0.6 is 0 Å². The molecule has 1 unspecified atom stereocenters. The highest BCUT2D eigenvalue weighted by atomic mass is 16.3. The van der Waals surface area contributed by atoms with Crippen molar-refractivity contribution in [3.63, 3.8) is 0 Å². The number of aryl methyl sites for hydroxylation is 2. The smallest absolute Gasteiger partial charge is 0.227 e. The largest absolute Gasteiger partial charge is 0.437 e. The van der Waals surface area contributed by atoms with E-state index >= 15 is 0 Å². The highest BCUT2D eigenvalue weighted by molar-refractivity contribution is 6.08. The molecular weight excluding hydrogens is 404 g/mol. The van der Waals surface area contributed by atoms with E-state index in [1.54, 1.807) is 0 Å². The number of hydrogen-bond donors (Lipinski definition) is 0. The molecule has 0 fully saturated rings. The van der Waals surface area contributed by atoms with Crippen molar-refractivity contribution in [1.82, 2.24) is 9.97 Å². The molecule has 166 valence electrons. The Morgan fingerprint density at radius 2 is 1.67 bits per heavy atom. The predicted octanol–water partition coefficient (Wildman–Crippen LogP) is 8.48. The molecule has 0 aliphatic rings. The van der Waals surface area contributed by atoms with Crippen molar-refractivity contribution in [1.29, 1.82) is 0 Å². The predicted molar refractivity (Wildman–Crippen MR) is 138 cm³/mol. The van der Waals surface area contributed by atoms with Gasteiger partial charge in [-0.05, 0) is 79.1 Å². The average molecular weight is 436 g/mol. The minimum atomic E-state index is -0.651. The van der Waals surface area contributed by atoms with E-state index in [9.17, 15) is 0 Å². The first-order valence-corrected chi connectivity index (χ1v) is 11.7. The third-order valence-electron chi connectivity index (χ3n) is 6.59. The van der Waals surface area contributed by atoms with Crippen LogP contribution in [-0.2, 0) is 0 Å². The summed E-state index contributed by atoms with van der Waals surface area (Å²) in [5.41, 5.74) is 8.61. The van der Waals surface area contributed by atoms with Crippen LogP contribution in [0.4, 0.5) is 0 Å². The zero-order valence-electron chi connectivity index (χ0n) is 20.9. The summed E-state index contributed by atoms with van der Waals surface area (Å²) < 4.78 is 15.4. The Balaban J connectivity index is 1.68. The van der Waals surface area contributed by atoms with Crippen LogP contribution in [0.15, 0.2) is 71.3 Å². The molecule has 3 aromatic heterocycles. The standard InChI is InChI=1S/C30H30N2O/c1-6-22(18(2)3)21-15-16-31-27(17-21)25-12-8-11-23-24-13-14-26(32-30(24)33-29(23)25)28-19(4)9-7-10-20(28)5/h7-18,22H,6H2,1-5H3/i22D. The molecule has 2 aromatic carbocycles. The number of benzene rings is 2. The van der Waals surface area contributed by atoms with Crippen molar-refractivity contribution < 1.29 is 5.79 Å². The van der Waals surface area contributed by atoms with Crippen LogP contribution in [-0.4, -0.2) is 9.97 Å². The van der Waals surface area contributed by atoms with Crippen LogP contribution in [0.2, 0.25) is 0 Å². The molecule has 0 amide bonds. The third-order valence-corrected chi connectivity index (χ3v) is 6.59. The molecule has 0 spiro atoms. The summed E-state index contributed by atoms with van der Waals surface area (Å²) in [7, 11) is 0. The maximum atomic E-state index is 9.05. The van der Waals surface area contributed by atoms with Gasteiger partial charge in [0.25, 0.3) is 0 Å². The van der Waals surface area contributed by atoms with Crippen molar-refractivity contribution in [2.45, 2.75) is 46.9 Å². The van der Waals surface area contributed by atoms with Crippen LogP contribution in [0.1, 0.15) is 51.1 Å². The second kappa shape index (κ2) is 8.47. The van der Waals surface area contributed by atoms with E-state index in [4.69, 9.17) is 10.8 Å². The summed E-state index contributed by atoms with van der Waals surface area (Å²) in [6.45, 7) is 10.5. The number of nitrogens with zero attached hydrogens (tertiary/aromatic N) is 2. The summed E-state index contributed by atoms with van der Waals surface area (Å²) >= 11 is 0. The number of furan rings is 1. The molecule has 3 heterocycles. The fourth-order valence-corrected chi connectivity index (χ4v) is 4.96. The van der Waals surface area contributed by atoms with Gasteiger partial charge < -0.3 is 4.42 Å². The molecule has 33 heavy (non-hydrogen) atoms. The van der Waals surface area contributed by atoms with E-state index in [1.807, 2.05) is 30.5 Å². The second-order valence-electron chi connectivity index (χ2n) is 9.06. The summed E-state index contributed by atoms with van der Waals surface area (Å²) in [6.07, 6.45) is 2.55. The zero-order valence-corrected chi connectivity index (χ0v) is 19.9. The van der Waals surface area contributed by atoms with E-state index in [0.717, 1.165) is 50.9 Å². The van der Waals surface area contributed by atoms with E-state index in [0.29, 0.717) is 5.71 Å². The Bertz CT molecular complexity index is 1500. The SMILES string of the molecule is [2H]C(CC)(c1ccnc(-c2cccc3c2oc2nc(-c4c(C)cccc4C)ccc23)c1)C(C)C. The molecule has 0 N–H and O–H groups in total. The van der Waals surface area contributed by atoms with Crippen LogP contribution in [0.25, 0.3) is 44.6 Å². The lowest BCUT2D eigenvalue weighted by Crippen LogP contribution is -2.05. The highest BCUT2D eigenvalue weighted by Gasteiger charge is 2.18. The molecule has 0 aliphatic carbocycles. The lowest BCUT2D eigenvalue weighted by atomic mass is 9.86. The second-order valence-corrected chi connectivity index (χ2v) is 9.06. The van der Waals surface area contributed by atoms with Crippen LogP contribution in [0.5, 0.6) is 0 Å². The molecule has 0 bridgehead atoms. The Morgan fingerprint density at radius 3 is 2.39 bits per heavy atom. The maximum Gasteiger partial charge on any atom is 0.227 e. The first-order valence-electron chi connectivity index (χ1n) is 12.2. The fourth-order valence-electron chi connectivity index (χ4n) is 4.96. The average Bonchev–Trinajstić information content (AvgIpc) is 3.21. The third kappa shape index (κ3) is 3.72. The molecule has 0 saturated carbocycles. The van der Waals surface area contributed by atoms with Gasteiger partial charge in [0, 0.05) is 29.5 Å². The van der Waals surface area contributed by atoms with Crippen LogP contribution in [0.3, 0.4) is 0 Å². The van der Waals surface area contributed by atoms with Crippen LogP contribution in [0, 0.1) is 19.8 Å². The van der Waals surface area contributed by atoms with Gasteiger partial charge in [-0.2, -0.15) is 0 Å². The van der Waals surface area contributed by atoms with Crippen LogP contribution < -0.4 is 0 Å². The Morgan fingerprint density at radius 1 is 0.909 bits per heavy atom. The Labute approximate surface area is 196 Å². The van der Waals surface area contributed by atoms with E-state index in [1.165, 1.54) is 11.1 Å². The lowest BCUT2D eigenvalue weighted by molar-refractivity contribution is 0.485. The topological polar surface area (TPSA) is 38.9 Å². The lowest BCUT2D eigenvalue weighted by Gasteiger charge is -2.20. The monoisotopic (exact) mass is 435 g/mol. The van der Waals surface area contributed by atoms with Crippen molar-refractivity contribution in [2.24, 2.45) is 5.92 Å². The Hall–Kier alpha value is -3.46. The van der Waals surface area contributed by atoms with E-state index < -0.39 is 5.89 Å². The molecule has 0 radical (unpaired) electrons. The van der Waals surface area contributed by atoms with Gasteiger partial charge in [-0.3, -0.25) is 4.98 Å². The number of para-hydroxylation sites is 1. The fraction of sp³-hybridized carbons (Fsp3) is 0.267. The summed E-state index contributed by atoms with van der Waals surface area (Å²) in [5, 5.41) is 2.02. The molecule has 5 aromatic rings. The van der Waals surface area contributed by atoms with E-state index in [-0.39, 0.29) is 5.92 Å². The van der Waals surface area contributed by atoms with Gasteiger partial charge in [0.05, 0.1) is 11.4 Å². The van der Waals surface area contributed by atoms with Crippen molar-refractivity contribution in [3.8, 4) is 22.5 Å². The number of rotatable bonds is 5. The maximum absolute atomic E-state index is 9.05. The molecule has 3 heteroatoms. The van der Waals surface area contributed by atoms with Gasteiger partial charge in [0.1, 0.15) is 5.58 Å².